The van der Waals surface area contributed by atoms with Gasteiger partial charge in [-0.25, -0.2) is 9.38 Å². The smallest absolute Gasteiger partial charge is 0.151 e. The first-order chi connectivity index (χ1) is 14.7. The molecule has 0 spiro atoms. The molecule has 31 heavy (non-hydrogen) atoms. The van der Waals surface area contributed by atoms with E-state index >= 15 is 0 Å². The first-order valence-corrected chi connectivity index (χ1v) is 10.6. The maximum Gasteiger partial charge on any atom is 0.151 e. The lowest BCUT2D eigenvalue weighted by atomic mass is 10.1. The maximum absolute atomic E-state index is 13.9. The highest BCUT2D eigenvalue weighted by molar-refractivity contribution is 6.44. The molecule has 6 N–H and O–H groups in total. The van der Waals surface area contributed by atoms with Crippen molar-refractivity contribution >= 4 is 40.6 Å². The van der Waals surface area contributed by atoms with Crippen LogP contribution in [0.1, 0.15) is 12.0 Å². The summed E-state index contributed by atoms with van der Waals surface area (Å²) in [7, 11) is 1.98. The molecule has 1 saturated heterocycles. The van der Waals surface area contributed by atoms with Gasteiger partial charge in [0.05, 0.1) is 23.0 Å². The largest absolute Gasteiger partial charge is 0.382 e. The third-order valence-electron chi connectivity index (χ3n) is 5.42. The predicted molar refractivity (Wildman–Crippen MR) is 122 cm³/mol. The summed E-state index contributed by atoms with van der Waals surface area (Å²) in [6.45, 7) is 2.68. The van der Waals surface area contributed by atoms with Gasteiger partial charge in [-0.15, -0.1) is 0 Å². The molecule has 2 unspecified atom stereocenters. The molecule has 0 aromatic heterocycles. The van der Waals surface area contributed by atoms with Crippen LogP contribution in [0.25, 0.3) is 0 Å². The quantitative estimate of drug-likeness (QED) is 0.287. The molecule has 0 bridgehead atoms. The number of halogens is 3. The lowest BCUT2D eigenvalue weighted by molar-refractivity contribution is 0.121. The monoisotopic (exact) mass is 469 g/mol. The maximum atomic E-state index is 13.9. The summed E-state index contributed by atoms with van der Waals surface area (Å²) in [5, 5.41) is 18.9. The molecule has 2 aliphatic rings. The SMILES string of the molecule is CN1CCC(C(O)/N=C(\N)C(=N)/C=C2\C(N)=NCCN2Cc2c(Cl)ccc(F)c2Cl)C1. The summed E-state index contributed by atoms with van der Waals surface area (Å²) in [5.74, 6) is -0.486. The Kier molecular flexibility index (Phi) is 7.53. The van der Waals surface area contributed by atoms with Crippen molar-refractivity contribution in [3.05, 3.63) is 45.3 Å². The molecule has 168 valence electrons. The number of nitrogens with zero attached hydrogens (tertiary/aromatic N) is 4. The van der Waals surface area contributed by atoms with E-state index in [9.17, 15) is 9.50 Å². The van der Waals surface area contributed by atoms with Crippen molar-refractivity contribution in [2.24, 2.45) is 27.4 Å². The fourth-order valence-corrected chi connectivity index (χ4v) is 4.12. The summed E-state index contributed by atoms with van der Waals surface area (Å²) >= 11 is 12.3. The van der Waals surface area contributed by atoms with Crippen molar-refractivity contribution in [3.8, 4) is 0 Å². The Labute approximate surface area is 190 Å². The Morgan fingerprint density at radius 2 is 2.19 bits per heavy atom. The van der Waals surface area contributed by atoms with Crippen LogP contribution in [0, 0.1) is 17.1 Å². The lowest BCUT2D eigenvalue weighted by Crippen LogP contribution is -2.39. The van der Waals surface area contributed by atoms with Gasteiger partial charge in [-0.1, -0.05) is 23.2 Å². The summed E-state index contributed by atoms with van der Waals surface area (Å²) < 4.78 is 13.9. The minimum Gasteiger partial charge on any atom is -0.382 e. The van der Waals surface area contributed by atoms with Crippen LogP contribution in [0.3, 0.4) is 0 Å². The second kappa shape index (κ2) is 9.95. The van der Waals surface area contributed by atoms with Gasteiger partial charge < -0.3 is 26.4 Å². The van der Waals surface area contributed by atoms with Crippen LogP contribution in [0.15, 0.2) is 33.9 Å². The summed E-state index contributed by atoms with van der Waals surface area (Å²) in [4.78, 5) is 12.2. The number of amidine groups is 2. The first kappa shape index (κ1) is 23.5. The van der Waals surface area contributed by atoms with Gasteiger partial charge in [0, 0.05) is 36.1 Å². The van der Waals surface area contributed by atoms with E-state index in [4.69, 9.17) is 40.1 Å². The second-order valence-corrected chi connectivity index (χ2v) is 8.48. The number of aliphatic imine (C=N–C) groups is 2. The van der Waals surface area contributed by atoms with Crippen molar-refractivity contribution in [3.63, 3.8) is 0 Å². The summed E-state index contributed by atoms with van der Waals surface area (Å²) in [6.07, 6.45) is 1.26. The topological polar surface area (TPSA) is 127 Å². The van der Waals surface area contributed by atoms with Crippen molar-refractivity contribution in [1.82, 2.24) is 9.80 Å². The highest BCUT2D eigenvalue weighted by Crippen LogP contribution is 2.30. The van der Waals surface area contributed by atoms with Crippen LogP contribution in [0.2, 0.25) is 10.0 Å². The molecule has 2 aliphatic heterocycles. The number of aliphatic hydroxyl groups is 1. The van der Waals surface area contributed by atoms with Crippen LogP contribution in [0.5, 0.6) is 0 Å². The Morgan fingerprint density at radius 1 is 1.45 bits per heavy atom. The average Bonchev–Trinajstić information content (AvgIpc) is 3.16. The molecular weight excluding hydrogens is 444 g/mol. The Morgan fingerprint density at radius 3 is 2.87 bits per heavy atom. The molecule has 3 rings (SSSR count). The zero-order valence-electron chi connectivity index (χ0n) is 17.2. The molecule has 1 fully saturated rings. The van der Waals surface area contributed by atoms with Crippen molar-refractivity contribution in [1.29, 1.82) is 5.41 Å². The van der Waals surface area contributed by atoms with E-state index in [1.54, 1.807) is 4.90 Å². The number of hydrogen-bond acceptors (Lipinski definition) is 7. The van der Waals surface area contributed by atoms with Crippen LogP contribution in [-0.2, 0) is 6.54 Å². The predicted octanol–water partition coefficient (Wildman–Crippen LogP) is 1.84. The van der Waals surface area contributed by atoms with Crippen molar-refractivity contribution < 1.29 is 9.50 Å². The number of likely N-dealkylation sites (tertiary alicyclic amines) is 1. The molecule has 0 radical (unpaired) electrons. The molecule has 2 atom stereocenters. The fourth-order valence-electron chi connectivity index (χ4n) is 3.63. The Hall–Kier alpha value is -2.20. The van der Waals surface area contributed by atoms with Gasteiger partial charge in [-0.2, -0.15) is 0 Å². The van der Waals surface area contributed by atoms with E-state index in [2.05, 4.69) is 14.9 Å². The number of rotatable bonds is 6. The summed E-state index contributed by atoms with van der Waals surface area (Å²) in [5.41, 5.74) is 12.8. The van der Waals surface area contributed by atoms with Gasteiger partial charge >= 0.3 is 0 Å². The van der Waals surface area contributed by atoms with E-state index in [1.165, 1.54) is 18.2 Å². The highest BCUT2D eigenvalue weighted by Gasteiger charge is 2.27. The molecular formula is C20H26Cl2FN7O. The zero-order valence-corrected chi connectivity index (χ0v) is 18.7. The minimum absolute atomic E-state index is 0.0286. The molecule has 11 heteroatoms. The fraction of sp³-hybridized carbons (Fsp3) is 0.450. The molecule has 0 saturated carbocycles. The van der Waals surface area contributed by atoms with Crippen LogP contribution < -0.4 is 11.5 Å². The average molecular weight is 470 g/mol. The number of aliphatic hydroxyl groups excluding tert-OH is 1. The van der Waals surface area contributed by atoms with Gasteiger partial charge in [0.15, 0.2) is 6.23 Å². The van der Waals surface area contributed by atoms with Crippen LogP contribution in [0.4, 0.5) is 4.39 Å². The van der Waals surface area contributed by atoms with Gasteiger partial charge in [0.1, 0.15) is 17.5 Å². The molecule has 0 amide bonds. The molecule has 8 nitrogen and oxygen atoms in total. The third kappa shape index (κ3) is 5.54. The number of hydrogen-bond donors (Lipinski definition) is 4. The highest BCUT2D eigenvalue weighted by atomic mass is 35.5. The summed E-state index contributed by atoms with van der Waals surface area (Å²) in [6, 6.07) is 2.65. The second-order valence-electron chi connectivity index (χ2n) is 7.69. The van der Waals surface area contributed by atoms with E-state index < -0.39 is 12.0 Å². The standard InChI is InChI=1S/C20H26Cl2FN7O/c1-29-6-4-11(9-29)20(31)28-18(25)15(24)8-16-19(26)27-5-7-30(16)10-12-13(21)2-3-14(23)17(12)22/h2-3,8,11,20,24,31H,4-7,9-10H2,1H3,(H2,25,28)(H2,26,27)/b16-8+,24-15?. The Bertz CT molecular complexity index is 950. The van der Waals surface area contributed by atoms with Gasteiger partial charge in [0.25, 0.3) is 0 Å². The molecule has 1 aromatic carbocycles. The van der Waals surface area contributed by atoms with Crippen molar-refractivity contribution in [2.75, 3.05) is 33.2 Å². The van der Waals surface area contributed by atoms with Gasteiger partial charge in [-0.05, 0) is 38.2 Å². The Balaban J connectivity index is 1.81. The normalized spacial score (nSPS) is 22.7. The van der Waals surface area contributed by atoms with Gasteiger partial charge in [0.2, 0.25) is 0 Å². The first-order valence-electron chi connectivity index (χ1n) is 9.85. The molecule has 1 aromatic rings. The number of nitrogens with two attached hydrogens (primary N) is 2. The number of nitrogens with one attached hydrogen (secondary N) is 1. The molecule has 0 aliphatic carbocycles. The zero-order chi connectivity index (χ0) is 22.7. The van der Waals surface area contributed by atoms with E-state index in [1.807, 2.05) is 7.05 Å². The number of benzene rings is 1. The lowest BCUT2D eigenvalue weighted by Gasteiger charge is -2.30. The van der Waals surface area contributed by atoms with Gasteiger partial charge in [-0.3, -0.25) is 10.4 Å². The van der Waals surface area contributed by atoms with Crippen LogP contribution in [-0.4, -0.2) is 71.7 Å². The van der Waals surface area contributed by atoms with Crippen LogP contribution >= 0.6 is 23.2 Å². The van der Waals surface area contributed by atoms with E-state index in [0.717, 1.165) is 19.5 Å². The van der Waals surface area contributed by atoms with E-state index in [-0.39, 0.29) is 34.9 Å². The van der Waals surface area contributed by atoms with E-state index in [0.29, 0.717) is 29.4 Å². The third-order valence-corrected chi connectivity index (χ3v) is 6.18. The molecule has 2 heterocycles. The minimum atomic E-state index is -0.984. The van der Waals surface area contributed by atoms with Crippen molar-refractivity contribution in [2.45, 2.75) is 19.2 Å².